The fourth-order valence-corrected chi connectivity index (χ4v) is 1.71. The van der Waals surface area contributed by atoms with Gasteiger partial charge in [-0.1, -0.05) is 16.8 Å². The molecule has 2 rings (SSSR count). The molecule has 0 amide bonds. The number of pyridine rings is 1. The molecule has 1 heterocycles. The lowest BCUT2D eigenvalue weighted by atomic mass is 10.2. The van der Waals surface area contributed by atoms with Crippen LogP contribution < -0.4 is 10.5 Å². The molecule has 0 aliphatic rings. The Bertz CT molecular complexity index is 720. The van der Waals surface area contributed by atoms with E-state index in [-0.39, 0.29) is 33.7 Å². The molecule has 1 aromatic carbocycles. The number of nitro benzene ring substituents is 1. The number of hydrogen-bond acceptors (Lipinski definition) is 6. The van der Waals surface area contributed by atoms with Gasteiger partial charge in [-0.25, -0.2) is 4.98 Å². The fraction of sp³-hybridized carbons (Fsp3) is 0. The molecule has 3 N–H and O–H groups in total. The maximum absolute atomic E-state index is 11.0. The van der Waals surface area contributed by atoms with Crippen LogP contribution >= 0.6 is 11.6 Å². The third-order valence-corrected chi connectivity index (χ3v) is 2.72. The predicted molar refractivity (Wildman–Crippen MR) is 74.9 cm³/mol. The van der Waals surface area contributed by atoms with E-state index in [2.05, 4.69) is 10.1 Å². The van der Waals surface area contributed by atoms with E-state index >= 15 is 0 Å². The highest BCUT2D eigenvalue weighted by molar-refractivity contribution is 6.30. The van der Waals surface area contributed by atoms with Crippen LogP contribution in [0, 0.1) is 10.1 Å². The normalized spacial score (nSPS) is 11.2. The molecular weight excluding hydrogens is 300 g/mol. The highest BCUT2D eigenvalue weighted by Crippen LogP contribution is 2.34. The second-order valence-corrected chi connectivity index (χ2v) is 4.25. The molecule has 8 nitrogen and oxygen atoms in total. The number of nitro groups is 1. The quantitative estimate of drug-likeness (QED) is 0.294. The van der Waals surface area contributed by atoms with Crippen LogP contribution in [-0.2, 0) is 0 Å². The van der Waals surface area contributed by atoms with Crippen molar-refractivity contribution in [2.75, 3.05) is 0 Å². The molecule has 0 saturated heterocycles. The Morgan fingerprint density at radius 2 is 2.24 bits per heavy atom. The van der Waals surface area contributed by atoms with Gasteiger partial charge in [0.15, 0.2) is 5.84 Å². The summed E-state index contributed by atoms with van der Waals surface area (Å²) < 4.78 is 5.40. The summed E-state index contributed by atoms with van der Waals surface area (Å²) in [6.07, 6.45) is 1.40. The van der Waals surface area contributed by atoms with Crippen LogP contribution in [0.4, 0.5) is 5.69 Å². The Labute approximate surface area is 123 Å². The summed E-state index contributed by atoms with van der Waals surface area (Å²) in [6.45, 7) is 0. The molecule has 0 fully saturated rings. The summed E-state index contributed by atoms with van der Waals surface area (Å²) in [5.41, 5.74) is 5.40. The molecule has 1 aromatic heterocycles. The monoisotopic (exact) mass is 308 g/mol. The molecule has 0 aliphatic carbocycles. The first-order valence-corrected chi connectivity index (χ1v) is 5.95. The number of nitrogens with two attached hydrogens (primary N) is 1. The van der Waals surface area contributed by atoms with Crippen molar-refractivity contribution in [2.24, 2.45) is 10.9 Å². The second kappa shape index (κ2) is 6.06. The van der Waals surface area contributed by atoms with E-state index < -0.39 is 4.92 Å². The number of ether oxygens (including phenoxy) is 1. The van der Waals surface area contributed by atoms with Crippen LogP contribution in [-0.4, -0.2) is 21.0 Å². The number of halogens is 1. The van der Waals surface area contributed by atoms with Gasteiger partial charge in [0.1, 0.15) is 0 Å². The Morgan fingerprint density at radius 1 is 1.48 bits per heavy atom. The van der Waals surface area contributed by atoms with Crippen LogP contribution in [0.3, 0.4) is 0 Å². The lowest BCUT2D eigenvalue weighted by Gasteiger charge is -2.09. The zero-order valence-corrected chi connectivity index (χ0v) is 11.2. The van der Waals surface area contributed by atoms with Crippen molar-refractivity contribution >= 4 is 23.1 Å². The molecule has 0 aliphatic heterocycles. The summed E-state index contributed by atoms with van der Waals surface area (Å²) in [5.74, 6) is -0.376. The molecule has 108 valence electrons. The minimum absolute atomic E-state index is 0.0434. The summed E-state index contributed by atoms with van der Waals surface area (Å²) in [6, 6.07) is 6.91. The molecule has 0 bridgehead atoms. The van der Waals surface area contributed by atoms with Gasteiger partial charge in [-0.2, -0.15) is 0 Å². The Hall–Kier alpha value is -2.87. The number of rotatable bonds is 4. The van der Waals surface area contributed by atoms with Gasteiger partial charge >= 0.3 is 5.69 Å². The van der Waals surface area contributed by atoms with E-state index in [4.69, 9.17) is 27.3 Å². The SMILES string of the molecule is NC(=NO)c1cccnc1Oc1cc(Cl)ccc1[N+](=O)[O-]. The molecule has 2 aromatic rings. The number of nitrogens with zero attached hydrogens (tertiary/aromatic N) is 3. The van der Waals surface area contributed by atoms with Gasteiger partial charge < -0.3 is 15.7 Å². The average Bonchev–Trinajstić information content (AvgIpc) is 2.47. The number of hydrogen-bond donors (Lipinski definition) is 2. The van der Waals surface area contributed by atoms with Gasteiger partial charge in [0.25, 0.3) is 0 Å². The van der Waals surface area contributed by atoms with Crippen molar-refractivity contribution in [2.45, 2.75) is 0 Å². The van der Waals surface area contributed by atoms with Crippen LogP contribution in [0.15, 0.2) is 41.7 Å². The first-order chi connectivity index (χ1) is 10.0. The van der Waals surface area contributed by atoms with Gasteiger partial charge in [-0.15, -0.1) is 0 Å². The van der Waals surface area contributed by atoms with Crippen molar-refractivity contribution in [3.8, 4) is 11.6 Å². The molecule has 9 heteroatoms. The van der Waals surface area contributed by atoms with Crippen molar-refractivity contribution in [3.05, 3.63) is 57.2 Å². The molecule has 21 heavy (non-hydrogen) atoms. The molecule has 0 saturated carbocycles. The van der Waals surface area contributed by atoms with E-state index in [1.54, 1.807) is 6.07 Å². The Kier molecular flexibility index (Phi) is 4.19. The number of amidine groups is 1. The Morgan fingerprint density at radius 3 is 2.90 bits per heavy atom. The van der Waals surface area contributed by atoms with Gasteiger partial charge in [-0.3, -0.25) is 10.1 Å². The van der Waals surface area contributed by atoms with Crippen molar-refractivity contribution < 1.29 is 14.9 Å². The first kappa shape index (κ1) is 14.5. The van der Waals surface area contributed by atoms with Crippen molar-refractivity contribution in [1.82, 2.24) is 4.98 Å². The van der Waals surface area contributed by atoms with Crippen LogP contribution in [0.25, 0.3) is 0 Å². The van der Waals surface area contributed by atoms with E-state index in [1.807, 2.05) is 0 Å². The van der Waals surface area contributed by atoms with E-state index in [0.717, 1.165) is 0 Å². The summed E-state index contributed by atoms with van der Waals surface area (Å²) in [5, 5.41) is 22.8. The smallest absolute Gasteiger partial charge is 0.311 e. The topological polar surface area (TPSA) is 124 Å². The van der Waals surface area contributed by atoms with Gasteiger partial charge in [0.05, 0.1) is 10.5 Å². The highest BCUT2D eigenvalue weighted by atomic mass is 35.5. The standard InChI is InChI=1S/C12H9ClN4O4/c13-7-3-4-9(17(19)20)10(6-7)21-12-8(11(14)16-18)2-1-5-15-12/h1-6,18H,(H2,14,16). The van der Waals surface area contributed by atoms with Crippen LogP contribution in [0.1, 0.15) is 5.56 Å². The predicted octanol–water partition coefficient (Wildman–Crippen LogP) is 2.53. The van der Waals surface area contributed by atoms with Crippen LogP contribution in [0.5, 0.6) is 11.6 Å². The molecular formula is C12H9ClN4O4. The molecule has 0 unspecified atom stereocenters. The van der Waals surface area contributed by atoms with Gasteiger partial charge in [-0.05, 0) is 18.2 Å². The van der Waals surface area contributed by atoms with E-state index in [1.165, 1.54) is 30.5 Å². The Balaban J connectivity index is 2.48. The lowest BCUT2D eigenvalue weighted by molar-refractivity contribution is -0.385. The lowest BCUT2D eigenvalue weighted by Crippen LogP contribution is -2.14. The first-order valence-electron chi connectivity index (χ1n) is 5.57. The van der Waals surface area contributed by atoms with E-state index in [0.29, 0.717) is 0 Å². The summed E-state index contributed by atoms with van der Waals surface area (Å²) in [7, 11) is 0. The van der Waals surface area contributed by atoms with Crippen molar-refractivity contribution in [3.63, 3.8) is 0 Å². The van der Waals surface area contributed by atoms with Crippen LogP contribution in [0.2, 0.25) is 5.02 Å². The maximum Gasteiger partial charge on any atom is 0.311 e. The second-order valence-electron chi connectivity index (χ2n) is 3.81. The highest BCUT2D eigenvalue weighted by Gasteiger charge is 2.19. The molecule has 0 radical (unpaired) electrons. The average molecular weight is 309 g/mol. The minimum Gasteiger partial charge on any atom is -0.431 e. The fourth-order valence-electron chi connectivity index (χ4n) is 1.55. The van der Waals surface area contributed by atoms with E-state index in [9.17, 15) is 10.1 Å². The van der Waals surface area contributed by atoms with Crippen molar-refractivity contribution in [1.29, 1.82) is 0 Å². The largest absolute Gasteiger partial charge is 0.431 e. The number of benzene rings is 1. The number of oxime groups is 1. The third kappa shape index (κ3) is 3.18. The van der Waals surface area contributed by atoms with Gasteiger partial charge in [0, 0.05) is 23.4 Å². The summed E-state index contributed by atoms with van der Waals surface area (Å²) in [4.78, 5) is 14.3. The summed E-state index contributed by atoms with van der Waals surface area (Å²) >= 11 is 5.81. The zero-order chi connectivity index (χ0) is 15.4. The molecule has 0 atom stereocenters. The third-order valence-electron chi connectivity index (χ3n) is 2.48. The maximum atomic E-state index is 11.0. The van der Waals surface area contributed by atoms with Gasteiger partial charge in [0.2, 0.25) is 11.6 Å². The zero-order valence-electron chi connectivity index (χ0n) is 10.4. The minimum atomic E-state index is -0.613. The number of aromatic nitrogens is 1. The molecule has 0 spiro atoms.